The Morgan fingerprint density at radius 2 is 2.20 bits per heavy atom. The van der Waals surface area contributed by atoms with Crippen molar-refractivity contribution in [3.63, 3.8) is 0 Å². The minimum absolute atomic E-state index is 0.00359. The third-order valence-electron chi connectivity index (χ3n) is 2.49. The number of carbonyl (C=O) groups excluding carboxylic acids is 1. The normalized spacial score (nSPS) is 10.8. The van der Waals surface area contributed by atoms with E-state index < -0.39 is 10.0 Å². The van der Waals surface area contributed by atoms with Gasteiger partial charge in [-0.3, -0.25) is 4.79 Å². The van der Waals surface area contributed by atoms with Gasteiger partial charge in [0.1, 0.15) is 0 Å². The van der Waals surface area contributed by atoms with Crippen LogP contribution < -0.4 is 10.5 Å². The molecule has 3 N–H and O–H groups in total. The van der Waals surface area contributed by atoms with Crippen molar-refractivity contribution in [1.82, 2.24) is 5.32 Å². The van der Waals surface area contributed by atoms with Crippen LogP contribution in [0.1, 0.15) is 15.9 Å². The second-order valence-electron chi connectivity index (χ2n) is 4.03. The fraction of sp³-hybridized carbons (Fsp3) is 0.308. The average molecular weight is 312 g/mol. The van der Waals surface area contributed by atoms with Crippen molar-refractivity contribution >= 4 is 27.7 Å². The second kappa shape index (κ2) is 7.33. The van der Waals surface area contributed by atoms with Crippen LogP contribution in [0.15, 0.2) is 23.1 Å². The number of carbonyl (C=O) groups is 1. The number of terminal acetylenes is 1. The standard InChI is InChI=1S/C13H16N2O3S2/c1-3-7-19-8-6-15-13(16)12-5-4-11(9-10(12)2)20(14,17)18/h1,4-5,9H,6-8H2,2H3,(H,15,16)(H2,14,17,18). The Hall–Kier alpha value is -1.49. The molecule has 0 aliphatic heterocycles. The number of nitrogens with one attached hydrogen (secondary N) is 1. The number of hydrogen-bond donors (Lipinski definition) is 2. The number of nitrogens with two attached hydrogens (primary N) is 1. The van der Waals surface area contributed by atoms with Crippen LogP contribution in [0.4, 0.5) is 0 Å². The van der Waals surface area contributed by atoms with E-state index >= 15 is 0 Å². The van der Waals surface area contributed by atoms with Crippen LogP contribution in [-0.4, -0.2) is 32.4 Å². The summed E-state index contributed by atoms with van der Waals surface area (Å²) in [5.41, 5.74) is 0.990. The lowest BCUT2D eigenvalue weighted by molar-refractivity contribution is 0.0955. The van der Waals surface area contributed by atoms with E-state index in [1.54, 1.807) is 18.7 Å². The number of thioether (sulfide) groups is 1. The van der Waals surface area contributed by atoms with Gasteiger partial charge in [-0.2, -0.15) is 0 Å². The molecule has 1 aromatic rings. The summed E-state index contributed by atoms with van der Waals surface area (Å²) in [7, 11) is -3.75. The van der Waals surface area contributed by atoms with Crippen molar-refractivity contribution in [2.24, 2.45) is 5.14 Å². The number of sulfonamides is 1. The lowest BCUT2D eigenvalue weighted by Crippen LogP contribution is -2.26. The van der Waals surface area contributed by atoms with Gasteiger partial charge < -0.3 is 5.32 Å². The Balaban J connectivity index is 2.68. The summed E-state index contributed by atoms with van der Waals surface area (Å²) in [5, 5.41) is 7.78. The molecule has 0 saturated carbocycles. The second-order valence-corrected chi connectivity index (χ2v) is 6.70. The Labute approximate surface area is 123 Å². The number of benzene rings is 1. The minimum atomic E-state index is -3.75. The highest BCUT2D eigenvalue weighted by atomic mass is 32.2. The molecule has 0 aliphatic carbocycles. The van der Waals surface area contributed by atoms with Crippen LogP contribution in [0.3, 0.4) is 0 Å². The van der Waals surface area contributed by atoms with Crippen LogP contribution >= 0.6 is 11.8 Å². The van der Waals surface area contributed by atoms with E-state index in [4.69, 9.17) is 11.6 Å². The van der Waals surface area contributed by atoms with Gasteiger partial charge in [0.05, 0.1) is 10.6 Å². The highest BCUT2D eigenvalue weighted by Crippen LogP contribution is 2.14. The van der Waals surface area contributed by atoms with Gasteiger partial charge in [-0.15, -0.1) is 18.2 Å². The lowest BCUT2D eigenvalue weighted by atomic mass is 10.1. The highest BCUT2D eigenvalue weighted by molar-refractivity contribution is 7.99. The summed E-state index contributed by atoms with van der Waals surface area (Å²) in [6.45, 7) is 2.16. The summed E-state index contributed by atoms with van der Waals surface area (Å²) in [6.07, 6.45) is 5.11. The summed E-state index contributed by atoms with van der Waals surface area (Å²) in [4.78, 5) is 11.9. The molecule has 20 heavy (non-hydrogen) atoms. The predicted octanol–water partition coefficient (Wildman–Crippen LogP) is 0.739. The van der Waals surface area contributed by atoms with Crippen molar-refractivity contribution < 1.29 is 13.2 Å². The van der Waals surface area contributed by atoms with Gasteiger partial charge in [0.25, 0.3) is 5.91 Å². The summed E-state index contributed by atoms with van der Waals surface area (Å²) >= 11 is 1.55. The largest absolute Gasteiger partial charge is 0.351 e. The third-order valence-corrected chi connectivity index (χ3v) is 4.26. The molecule has 0 aromatic heterocycles. The molecule has 1 amide bonds. The van der Waals surface area contributed by atoms with Crippen LogP contribution in [0, 0.1) is 19.3 Å². The number of rotatable bonds is 6. The van der Waals surface area contributed by atoms with Crippen LogP contribution in [0.5, 0.6) is 0 Å². The first kappa shape index (κ1) is 16.6. The molecule has 5 nitrogen and oxygen atoms in total. The first-order valence-electron chi connectivity index (χ1n) is 5.79. The van der Waals surface area contributed by atoms with Crippen molar-refractivity contribution in [1.29, 1.82) is 0 Å². The highest BCUT2D eigenvalue weighted by Gasteiger charge is 2.13. The van der Waals surface area contributed by atoms with E-state index in [0.717, 1.165) is 5.75 Å². The van der Waals surface area contributed by atoms with Gasteiger partial charge >= 0.3 is 0 Å². The van der Waals surface area contributed by atoms with Crippen molar-refractivity contribution in [3.8, 4) is 12.3 Å². The van der Waals surface area contributed by atoms with Gasteiger partial charge in [0.2, 0.25) is 10.0 Å². The van der Waals surface area contributed by atoms with E-state index in [1.165, 1.54) is 18.2 Å². The monoisotopic (exact) mass is 312 g/mol. The predicted molar refractivity (Wildman–Crippen MR) is 81.0 cm³/mol. The molecule has 0 saturated heterocycles. The van der Waals surface area contributed by atoms with Crippen LogP contribution in [0.2, 0.25) is 0 Å². The van der Waals surface area contributed by atoms with Gasteiger partial charge in [-0.25, -0.2) is 13.6 Å². The lowest BCUT2D eigenvalue weighted by Gasteiger charge is -2.08. The number of aryl methyl sites for hydroxylation is 1. The van der Waals surface area contributed by atoms with Gasteiger partial charge in [0.15, 0.2) is 0 Å². The maximum Gasteiger partial charge on any atom is 0.251 e. The first-order valence-corrected chi connectivity index (χ1v) is 8.49. The van der Waals surface area contributed by atoms with Crippen molar-refractivity contribution in [2.45, 2.75) is 11.8 Å². The van der Waals surface area contributed by atoms with E-state index in [1.807, 2.05) is 0 Å². The zero-order chi connectivity index (χ0) is 15.2. The number of primary sulfonamides is 1. The molecule has 108 valence electrons. The van der Waals surface area contributed by atoms with Crippen LogP contribution in [0.25, 0.3) is 0 Å². The molecular weight excluding hydrogens is 296 g/mol. The fourth-order valence-corrected chi connectivity index (χ4v) is 2.64. The molecule has 0 radical (unpaired) electrons. The fourth-order valence-electron chi connectivity index (χ4n) is 1.53. The zero-order valence-corrected chi connectivity index (χ0v) is 12.7. The molecule has 0 heterocycles. The van der Waals surface area contributed by atoms with E-state index in [2.05, 4.69) is 11.2 Å². The van der Waals surface area contributed by atoms with Gasteiger partial charge in [-0.1, -0.05) is 5.92 Å². The van der Waals surface area contributed by atoms with E-state index in [9.17, 15) is 13.2 Å². The Morgan fingerprint density at radius 3 is 2.75 bits per heavy atom. The van der Waals surface area contributed by atoms with E-state index in [0.29, 0.717) is 23.4 Å². The molecule has 7 heteroatoms. The smallest absolute Gasteiger partial charge is 0.251 e. The molecule has 0 aliphatic rings. The minimum Gasteiger partial charge on any atom is -0.351 e. The molecule has 0 atom stereocenters. The van der Waals surface area contributed by atoms with Crippen LogP contribution in [-0.2, 0) is 10.0 Å². The summed E-state index contributed by atoms with van der Waals surface area (Å²) in [6, 6.07) is 4.17. The summed E-state index contributed by atoms with van der Waals surface area (Å²) in [5.74, 6) is 3.59. The van der Waals surface area contributed by atoms with Crippen molar-refractivity contribution in [2.75, 3.05) is 18.1 Å². The average Bonchev–Trinajstić information content (AvgIpc) is 2.37. The van der Waals surface area contributed by atoms with Gasteiger partial charge in [0, 0.05) is 17.9 Å². The maximum absolute atomic E-state index is 11.9. The molecule has 0 fully saturated rings. The van der Waals surface area contributed by atoms with E-state index in [-0.39, 0.29) is 10.8 Å². The molecule has 1 rings (SSSR count). The Bertz CT molecular complexity index is 634. The zero-order valence-electron chi connectivity index (χ0n) is 11.0. The van der Waals surface area contributed by atoms with Crippen molar-refractivity contribution in [3.05, 3.63) is 29.3 Å². The molecule has 0 spiro atoms. The Morgan fingerprint density at radius 1 is 1.50 bits per heavy atom. The number of hydrogen-bond acceptors (Lipinski definition) is 4. The first-order chi connectivity index (χ1) is 9.36. The SMILES string of the molecule is C#CCSCCNC(=O)c1ccc(S(N)(=O)=O)cc1C. The number of amides is 1. The summed E-state index contributed by atoms with van der Waals surface area (Å²) < 4.78 is 22.4. The molecule has 0 unspecified atom stereocenters. The third kappa shape index (κ3) is 4.89. The maximum atomic E-state index is 11.9. The molecule has 0 bridgehead atoms. The molecular formula is C13H16N2O3S2. The molecule has 1 aromatic carbocycles. The Kier molecular flexibility index (Phi) is 6.07. The quantitative estimate of drug-likeness (QED) is 0.599. The van der Waals surface area contributed by atoms with Gasteiger partial charge in [-0.05, 0) is 30.7 Å². The topological polar surface area (TPSA) is 89.3 Å².